The van der Waals surface area contributed by atoms with Crippen molar-refractivity contribution in [2.45, 2.75) is 13.2 Å². The summed E-state index contributed by atoms with van der Waals surface area (Å²) in [6.07, 6.45) is 1.73. The van der Waals surface area contributed by atoms with Gasteiger partial charge in [0, 0.05) is 21.1 Å². The van der Waals surface area contributed by atoms with Crippen LogP contribution in [0.2, 0.25) is 4.47 Å². The molecule has 1 heterocycles. The first-order valence-corrected chi connectivity index (χ1v) is 7.44. The van der Waals surface area contributed by atoms with Gasteiger partial charge in [-0.25, -0.2) is 4.98 Å². The van der Waals surface area contributed by atoms with Crippen LogP contribution in [0.1, 0.15) is 10.4 Å². The summed E-state index contributed by atoms with van der Waals surface area (Å²) in [5, 5.41) is 12.7. The van der Waals surface area contributed by atoms with Crippen molar-refractivity contribution in [1.82, 2.24) is 4.98 Å². The summed E-state index contributed by atoms with van der Waals surface area (Å²) in [7, 11) is 1.59. The summed E-state index contributed by atoms with van der Waals surface area (Å²) in [6, 6.07) is 3.70. The van der Waals surface area contributed by atoms with Crippen molar-refractivity contribution in [3.8, 4) is 5.75 Å². The number of ether oxygens (including phenoxy) is 1. The molecule has 0 atom stereocenters. The zero-order valence-corrected chi connectivity index (χ0v) is 13.3. The molecule has 2 aromatic rings. The quantitative estimate of drug-likeness (QED) is 0.851. The molecule has 1 aromatic carbocycles. The maximum absolute atomic E-state index is 9.42. The van der Waals surface area contributed by atoms with E-state index in [-0.39, 0.29) is 6.61 Å². The Kier molecular flexibility index (Phi) is 5.04. The molecule has 0 saturated heterocycles. The molecule has 0 unspecified atom stereocenters. The zero-order valence-electron chi connectivity index (χ0n) is 10.1. The number of nitrogens with one attached hydrogen (secondary N) is 1. The van der Waals surface area contributed by atoms with Crippen LogP contribution in [-0.2, 0) is 13.2 Å². The molecular weight excluding hydrogens is 352 g/mol. The smallest absolute Gasteiger partial charge is 0.183 e. The van der Waals surface area contributed by atoms with Crippen molar-refractivity contribution in [2.24, 2.45) is 0 Å². The van der Waals surface area contributed by atoms with Gasteiger partial charge in [0.1, 0.15) is 5.75 Å². The molecule has 0 fully saturated rings. The first kappa shape index (κ1) is 14.6. The number of aromatic nitrogens is 1. The third-order valence-corrected chi connectivity index (χ3v) is 4.08. The highest BCUT2D eigenvalue weighted by atomic mass is 79.9. The van der Waals surface area contributed by atoms with Crippen molar-refractivity contribution < 1.29 is 9.84 Å². The number of benzene rings is 1. The maximum Gasteiger partial charge on any atom is 0.183 e. The van der Waals surface area contributed by atoms with Gasteiger partial charge in [0.15, 0.2) is 4.47 Å². The zero-order chi connectivity index (χ0) is 13.8. The summed E-state index contributed by atoms with van der Waals surface area (Å²) >= 11 is 10.6. The molecule has 4 nitrogen and oxygen atoms in total. The van der Waals surface area contributed by atoms with Gasteiger partial charge in [0.25, 0.3) is 0 Å². The predicted molar refractivity (Wildman–Crippen MR) is 81.1 cm³/mol. The first-order valence-electron chi connectivity index (χ1n) is 5.45. The summed E-state index contributed by atoms with van der Waals surface area (Å²) in [5.41, 5.74) is 1.54. The number of aliphatic hydroxyl groups is 1. The van der Waals surface area contributed by atoms with Gasteiger partial charge in [-0.15, -0.1) is 11.3 Å². The van der Waals surface area contributed by atoms with Crippen LogP contribution >= 0.6 is 38.9 Å². The lowest BCUT2D eigenvalue weighted by atomic mass is 10.1. The molecule has 0 amide bonds. The third-order valence-electron chi connectivity index (χ3n) is 2.50. The minimum atomic E-state index is -0.0679. The van der Waals surface area contributed by atoms with Crippen LogP contribution in [0.4, 0.5) is 5.69 Å². The van der Waals surface area contributed by atoms with Gasteiger partial charge in [-0.3, -0.25) is 0 Å². The molecule has 0 saturated carbocycles. The highest BCUT2D eigenvalue weighted by molar-refractivity contribution is 9.10. The highest BCUT2D eigenvalue weighted by Crippen LogP contribution is 2.33. The average Bonchev–Trinajstić information content (AvgIpc) is 2.81. The van der Waals surface area contributed by atoms with E-state index in [0.29, 0.717) is 16.8 Å². The van der Waals surface area contributed by atoms with E-state index in [4.69, 9.17) is 16.3 Å². The summed E-state index contributed by atoms with van der Waals surface area (Å²) in [6.45, 7) is 0.511. The molecule has 2 rings (SSSR count). The van der Waals surface area contributed by atoms with E-state index in [1.165, 1.54) is 11.3 Å². The van der Waals surface area contributed by atoms with Crippen LogP contribution in [-0.4, -0.2) is 17.2 Å². The number of methoxy groups -OCH3 is 1. The van der Waals surface area contributed by atoms with E-state index >= 15 is 0 Å². The molecule has 0 aliphatic rings. The standard InChI is InChI=1S/C12H12BrClN2O2S/c1-18-10-3-8(13)2-7(6-17)11(10)15-4-9-5-16-12(14)19-9/h2-3,5,15,17H,4,6H2,1H3. The molecule has 1 aromatic heterocycles. The molecule has 19 heavy (non-hydrogen) atoms. The van der Waals surface area contributed by atoms with Gasteiger partial charge in [-0.1, -0.05) is 27.5 Å². The van der Waals surface area contributed by atoms with E-state index in [2.05, 4.69) is 26.2 Å². The maximum atomic E-state index is 9.42. The summed E-state index contributed by atoms with van der Waals surface area (Å²) < 4.78 is 6.70. The van der Waals surface area contributed by atoms with Gasteiger partial charge < -0.3 is 15.2 Å². The predicted octanol–water partition coefficient (Wildman–Crippen LogP) is 3.67. The molecule has 0 aliphatic carbocycles. The van der Waals surface area contributed by atoms with Crippen LogP contribution in [0, 0.1) is 0 Å². The third kappa shape index (κ3) is 3.60. The molecule has 0 aliphatic heterocycles. The molecule has 2 N–H and O–H groups in total. The van der Waals surface area contributed by atoms with E-state index < -0.39 is 0 Å². The second-order valence-corrected chi connectivity index (χ2v) is 6.35. The van der Waals surface area contributed by atoms with Crippen LogP contribution in [0.3, 0.4) is 0 Å². The van der Waals surface area contributed by atoms with Crippen molar-refractivity contribution in [1.29, 1.82) is 0 Å². The van der Waals surface area contributed by atoms with Gasteiger partial charge in [0.2, 0.25) is 0 Å². The van der Waals surface area contributed by atoms with E-state index in [9.17, 15) is 5.11 Å². The fraction of sp³-hybridized carbons (Fsp3) is 0.250. The number of anilines is 1. The number of hydrogen-bond acceptors (Lipinski definition) is 5. The lowest BCUT2D eigenvalue weighted by Gasteiger charge is -2.15. The summed E-state index contributed by atoms with van der Waals surface area (Å²) in [5.74, 6) is 0.675. The van der Waals surface area contributed by atoms with E-state index in [1.54, 1.807) is 13.3 Å². The molecule has 102 valence electrons. The Morgan fingerprint density at radius 3 is 2.89 bits per heavy atom. The average molecular weight is 364 g/mol. The number of rotatable bonds is 5. The fourth-order valence-corrected chi connectivity index (χ4v) is 3.06. The summed E-state index contributed by atoms with van der Waals surface area (Å²) in [4.78, 5) is 5.00. The van der Waals surface area contributed by atoms with Gasteiger partial charge >= 0.3 is 0 Å². The molecule has 0 spiro atoms. The SMILES string of the molecule is COc1cc(Br)cc(CO)c1NCc1cnc(Cl)s1. The normalized spacial score (nSPS) is 10.5. The van der Waals surface area contributed by atoms with Crippen LogP contribution in [0.15, 0.2) is 22.8 Å². The Hall–Kier alpha value is -0.820. The number of nitrogens with zero attached hydrogens (tertiary/aromatic N) is 1. The second-order valence-electron chi connectivity index (χ2n) is 3.73. The van der Waals surface area contributed by atoms with Crippen molar-refractivity contribution in [3.63, 3.8) is 0 Å². The monoisotopic (exact) mass is 362 g/mol. The number of hydrogen-bond donors (Lipinski definition) is 2. The number of halogens is 2. The first-order chi connectivity index (χ1) is 9.13. The largest absolute Gasteiger partial charge is 0.495 e. The minimum Gasteiger partial charge on any atom is -0.495 e. The van der Waals surface area contributed by atoms with Crippen LogP contribution < -0.4 is 10.1 Å². The number of thiazole rings is 1. The molecule has 7 heteroatoms. The minimum absolute atomic E-state index is 0.0679. The Bertz CT molecular complexity index is 552. The Labute approximate surface area is 128 Å². The lowest BCUT2D eigenvalue weighted by molar-refractivity contribution is 0.281. The Morgan fingerprint density at radius 2 is 2.32 bits per heavy atom. The van der Waals surface area contributed by atoms with Crippen LogP contribution in [0.25, 0.3) is 0 Å². The van der Waals surface area contributed by atoms with Crippen molar-refractivity contribution in [2.75, 3.05) is 12.4 Å². The lowest BCUT2D eigenvalue weighted by Crippen LogP contribution is -2.04. The van der Waals surface area contributed by atoms with E-state index in [0.717, 1.165) is 20.6 Å². The Morgan fingerprint density at radius 1 is 1.53 bits per heavy atom. The van der Waals surface area contributed by atoms with Gasteiger partial charge in [-0.2, -0.15) is 0 Å². The van der Waals surface area contributed by atoms with Crippen molar-refractivity contribution >= 4 is 44.6 Å². The molecule has 0 bridgehead atoms. The number of aliphatic hydroxyl groups excluding tert-OH is 1. The van der Waals surface area contributed by atoms with E-state index in [1.807, 2.05) is 12.1 Å². The van der Waals surface area contributed by atoms with Gasteiger partial charge in [0.05, 0.1) is 25.9 Å². The second kappa shape index (κ2) is 6.56. The van der Waals surface area contributed by atoms with Crippen molar-refractivity contribution in [3.05, 3.63) is 37.7 Å². The highest BCUT2D eigenvalue weighted by Gasteiger charge is 2.11. The fourth-order valence-electron chi connectivity index (χ4n) is 1.66. The topological polar surface area (TPSA) is 54.4 Å². The molecule has 0 radical (unpaired) electrons. The molecular formula is C12H12BrClN2O2S. The van der Waals surface area contributed by atoms with Crippen LogP contribution in [0.5, 0.6) is 5.75 Å². The van der Waals surface area contributed by atoms with Gasteiger partial charge in [-0.05, 0) is 12.1 Å². The Balaban J connectivity index is 2.23.